The summed E-state index contributed by atoms with van der Waals surface area (Å²) in [7, 11) is 0. The molecule has 1 aliphatic carbocycles. The highest BCUT2D eigenvalue weighted by atomic mass is 16.5. The largest absolute Gasteiger partial charge is 0.393 e. The van der Waals surface area contributed by atoms with Gasteiger partial charge in [0.05, 0.1) is 18.3 Å². The minimum atomic E-state index is -0.101. The van der Waals surface area contributed by atoms with Crippen molar-refractivity contribution in [3.8, 4) is 0 Å². The van der Waals surface area contributed by atoms with Crippen LogP contribution in [0, 0.1) is 11.8 Å². The summed E-state index contributed by atoms with van der Waals surface area (Å²) in [4.78, 5) is 2.57. The summed E-state index contributed by atoms with van der Waals surface area (Å²) in [6.45, 7) is 11.8. The third kappa shape index (κ3) is 3.25. The maximum Gasteiger partial charge on any atom is 0.0753 e. The standard InChI is InChI=1S/C15H29NO2/c1-11(2)13-6-5-12(17)9-14(13)16-7-8-18-15(3,4)10-16/h11-14,17H,5-10H2,1-4H3. The van der Waals surface area contributed by atoms with Gasteiger partial charge in [0.1, 0.15) is 0 Å². The van der Waals surface area contributed by atoms with E-state index in [1.165, 1.54) is 6.42 Å². The van der Waals surface area contributed by atoms with Crippen LogP contribution < -0.4 is 0 Å². The van der Waals surface area contributed by atoms with Crippen LogP contribution in [-0.2, 0) is 4.74 Å². The zero-order valence-electron chi connectivity index (χ0n) is 12.4. The van der Waals surface area contributed by atoms with Gasteiger partial charge in [0.25, 0.3) is 0 Å². The lowest BCUT2D eigenvalue weighted by atomic mass is 9.75. The Labute approximate surface area is 112 Å². The topological polar surface area (TPSA) is 32.7 Å². The molecule has 0 aromatic heterocycles. The van der Waals surface area contributed by atoms with Crippen LogP contribution in [0.25, 0.3) is 0 Å². The third-order valence-electron chi connectivity index (χ3n) is 4.62. The number of nitrogens with zero attached hydrogens (tertiary/aromatic N) is 1. The average molecular weight is 255 g/mol. The molecular weight excluding hydrogens is 226 g/mol. The molecule has 1 saturated heterocycles. The van der Waals surface area contributed by atoms with Crippen LogP contribution in [0.15, 0.2) is 0 Å². The molecule has 0 spiro atoms. The zero-order chi connectivity index (χ0) is 13.3. The van der Waals surface area contributed by atoms with Crippen molar-refractivity contribution in [2.24, 2.45) is 11.8 Å². The maximum atomic E-state index is 9.98. The molecule has 3 nitrogen and oxygen atoms in total. The first kappa shape index (κ1) is 14.3. The molecule has 3 heteroatoms. The molecule has 2 rings (SSSR count). The SMILES string of the molecule is CC(C)C1CCC(O)CC1N1CCOC(C)(C)C1. The van der Waals surface area contributed by atoms with E-state index in [1.54, 1.807) is 0 Å². The minimum Gasteiger partial charge on any atom is -0.393 e. The van der Waals surface area contributed by atoms with Crippen molar-refractivity contribution in [2.75, 3.05) is 19.7 Å². The molecule has 18 heavy (non-hydrogen) atoms. The molecule has 106 valence electrons. The van der Waals surface area contributed by atoms with E-state index in [2.05, 4.69) is 32.6 Å². The molecule has 0 aromatic carbocycles. The van der Waals surface area contributed by atoms with Gasteiger partial charge in [0.2, 0.25) is 0 Å². The van der Waals surface area contributed by atoms with Crippen molar-refractivity contribution in [3.05, 3.63) is 0 Å². The van der Waals surface area contributed by atoms with Gasteiger partial charge < -0.3 is 9.84 Å². The molecule has 2 fully saturated rings. The monoisotopic (exact) mass is 255 g/mol. The van der Waals surface area contributed by atoms with E-state index in [0.717, 1.165) is 38.5 Å². The van der Waals surface area contributed by atoms with E-state index in [0.29, 0.717) is 12.0 Å². The summed E-state index contributed by atoms with van der Waals surface area (Å²) in [6, 6.07) is 0.539. The van der Waals surface area contributed by atoms with Gasteiger partial charge >= 0.3 is 0 Å². The fourth-order valence-electron chi connectivity index (χ4n) is 3.68. The first-order valence-electron chi connectivity index (χ1n) is 7.45. The van der Waals surface area contributed by atoms with Crippen LogP contribution in [0.3, 0.4) is 0 Å². The van der Waals surface area contributed by atoms with Gasteiger partial charge in [-0.05, 0) is 44.9 Å². The summed E-state index contributed by atoms with van der Waals surface area (Å²) < 4.78 is 5.80. The second-order valence-corrected chi connectivity index (χ2v) is 7.02. The second kappa shape index (κ2) is 5.48. The molecule has 0 amide bonds. The fraction of sp³-hybridized carbons (Fsp3) is 1.00. The van der Waals surface area contributed by atoms with Gasteiger partial charge in [-0.15, -0.1) is 0 Å². The molecule has 1 N–H and O–H groups in total. The first-order chi connectivity index (χ1) is 8.39. The summed E-state index contributed by atoms with van der Waals surface area (Å²) in [6.07, 6.45) is 2.99. The van der Waals surface area contributed by atoms with Gasteiger partial charge in [-0.3, -0.25) is 4.90 Å². The Bertz CT molecular complexity index is 278. The average Bonchev–Trinajstić information content (AvgIpc) is 2.27. The van der Waals surface area contributed by atoms with E-state index in [-0.39, 0.29) is 11.7 Å². The number of ether oxygens (including phenoxy) is 1. The van der Waals surface area contributed by atoms with E-state index >= 15 is 0 Å². The molecule has 3 atom stereocenters. The van der Waals surface area contributed by atoms with Gasteiger partial charge in [-0.2, -0.15) is 0 Å². The number of morpholine rings is 1. The quantitative estimate of drug-likeness (QED) is 0.821. The third-order valence-corrected chi connectivity index (χ3v) is 4.62. The summed E-state index contributed by atoms with van der Waals surface area (Å²) in [5.74, 6) is 1.43. The molecule has 2 aliphatic rings. The molecule has 1 aliphatic heterocycles. The summed E-state index contributed by atoms with van der Waals surface area (Å²) >= 11 is 0. The Morgan fingerprint density at radius 1 is 1.28 bits per heavy atom. The fourth-order valence-corrected chi connectivity index (χ4v) is 3.68. The second-order valence-electron chi connectivity index (χ2n) is 7.02. The van der Waals surface area contributed by atoms with Crippen LogP contribution >= 0.6 is 0 Å². The van der Waals surface area contributed by atoms with Crippen molar-refractivity contribution in [3.63, 3.8) is 0 Å². The van der Waals surface area contributed by atoms with Gasteiger partial charge in [0.15, 0.2) is 0 Å². The lowest BCUT2D eigenvalue weighted by Gasteiger charge is -2.48. The predicted molar refractivity (Wildman–Crippen MR) is 73.6 cm³/mol. The molecule has 0 aromatic rings. The van der Waals surface area contributed by atoms with Crippen LogP contribution in [0.5, 0.6) is 0 Å². The normalized spacial score (nSPS) is 38.0. The van der Waals surface area contributed by atoms with Crippen molar-refractivity contribution in [2.45, 2.75) is 64.7 Å². The van der Waals surface area contributed by atoms with Crippen molar-refractivity contribution in [1.29, 1.82) is 0 Å². The minimum absolute atomic E-state index is 0.0395. The summed E-state index contributed by atoms with van der Waals surface area (Å²) in [5, 5.41) is 9.98. The van der Waals surface area contributed by atoms with Crippen LogP contribution in [-0.4, -0.2) is 47.4 Å². The van der Waals surface area contributed by atoms with E-state index in [4.69, 9.17) is 4.74 Å². The zero-order valence-corrected chi connectivity index (χ0v) is 12.4. The highest BCUT2D eigenvalue weighted by Gasteiger charge is 2.39. The predicted octanol–water partition coefficient (Wildman–Crippen LogP) is 2.28. The Balaban J connectivity index is 2.07. The van der Waals surface area contributed by atoms with Crippen molar-refractivity contribution >= 4 is 0 Å². The number of rotatable bonds is 2. The van der Waals surface area contributed by atoms with Crippen LogP contribution in [0.4, 0.5) is 0 Å². The van der Waals surface area contributed by atoms with Gasteiger partial charge in [-0.1, -0.05) is 13.8 Å². The molecule has 0 bridgehead atoms. The molecule has 1 heterocycles. The highest BCUT2D eigenvalue weighted by molar-refractivity contribution is 4.92. The molecule has 1 saturated carbocycles. The van der Waals surface area contributed by atoms with Gasteiger partial charge in [-0.25, -0.2) is 0 Å². The van der Waals surface area contributed by atoms with Crippen LogP contribution in [0.1, 0.15) is 47.0 Å². The first-order valence-corrected chi connectivity index (χ1v) is 7.45. The number of aliphatic hydroxyl groups excluding tert-OH is 1. The molecule has 3 unspecified atom stereocenters. The van der Waals surface area contributed by atoms with Crippen molar-refractivity contribution < 1.29 is 9.84 Å². The number of hydrogen-bond acceptors (Lipinski definition) is 3. The summed E-state index contributed by atoms with van der Waals surface area (Å²) in [5.41, 5.74) is -0.0395. The Kier molecular flexibility index (Phi) is 4.35. The van der Waals surface area contributed by atoms with Crippen LogP contribution in [0.2, 0.25) is 0 Å². The molecular formula is C15H29NO2. The molecule has 0 radical (unpaired) electrons. The Morgan fingerprint density at radius 3 is 2.61 bits per heavy atom. The van der Waals surface area contributed by atoms with Gasteiger partial charge in [0, 0.05) is 19.1 Å². The Hall–Kier alpha value is -0.120. The van der Waals surface area contributed by atoms with E-state index in [9.17, 15) is 5.11 Å². The number of aliphatic hydroxyl groups is 1. The van der Waals surface area contributed by atoms with Crippen molar-refractivity contribution in [1.82, 2.24) is 4.90 Å². The highest BCUT2D eigenvalue weighted by Crippen LogP contribution is 2.35. The van der Waals surface area contributed by atoms with E-state index in [1.807, 2.05) is 0 Å². The lowest BCUT2D eigenvalue weighted by Crippen LogP contribution is -2.56. The maximum absolute atomic E-state index is 9.98. The Morgan fingerprint density at radius 2 is 2.00 bits per heavy atom. The lowest BCUT2D eigenvalue weighted by molar-refractivity contribution is -0.116. The van der Waals surface area contributed by atoms with E-state index < -0.39 is 0 Å². The smallest absolute Gasteiger partial charge is 0.0753 e. The number of hydrogen-bond donors (Lipinski definition) is 1.